The van der Waals surface area contributed by atoms with Gasteiger partial charge in [-0.2, -0.15) is 13.2 Å². The summed E-state index contributed by atoms with van der Waals surface area (Å²) in [4.78, 5) is 17.7. The van der Waals surface area contributed by atoms with Crippen LogP contribution in [0.3, 0.4) is 0 Å². The Hall–Kier alpha value is -0.890. The van der Waals surface area contributed by atoms with Gasteiger partial charge < -0.3 is 9.72 Å². The Balaban J connectivity index is 2.73. The van der Waals surface area contributed by atoms with Gasteiger partial charge in [-0.3, -0.25) is 4.79 Å². The molecule has 0 aliphatic rings. The first-order valence-corrected chi connectivity index (χ1v) is 5.55. The third kappa shape index (κ3) is 4.47. The third-order valence-corrected chi connectivity index (χ3v) is 2.64. The van der Waals surface area contributed by atoms with Crippen LogP contribution in [0.5, 0.6) is 0 Å². The van der Waals surface area contributed by atoms with Crippen LogP contribution in [0.2, 0.25) is 0 Å². The minimum Gasteiger partial charge on any atom is -0.364 e. The van der Waals surface area contributed by atoms with Gasteiger partial charge in [-0.15, -0.1) is 0 Å². The Kier molecular flexibility index (Phi) is 4.70. The van der Waals surface area contributed by atoms with Gasteiger partial charge in [-0.25, -0.2) is 4.98 Å². The van der Waals surface area contributed by atoms with E-state index in [2.05, 4.69) is 30.6 Å². The molecular formula is C9H10BrF3N2O2. The number of hydrogen-bond acceptors (Lipinski definition) is 3. The van der Waals surface area contributed by atoms with E-state index in [4.69, 9.17) is 0 Å². The Morgan fingerprint density at radius 2 is 2.12 bits per heavy atom. The molecule has 0 spiro atoms. The maximum Gasteiger partial charge on any atom is 0.411 e. The molecule has 1 N–H and O–H groups in total. The Labute approximate surface area is 103 Å². The predicted octanol–water partition coefficient (Wildman–Crippen LogP) is 2.17. The molecule has 0 bridgehead atoms. The summed E-state index contributed by atoms with van der Waals surface area (Å²) in [5, 5.41) is 0. The summed E-state index contributed by atoms with van der Waals surface area (Å²) >= 11 is 3.05. The highest BCUT2D eigenvalue weighted by atomic mass is 79.9. The molecule has 4 nitrogen and oxygen atoms in total. The van der Waals surface area contributed by atoms with E-state index in [9.17, 15) is 18.0 Å². The van der Waals surface area contributed by atoms with Gasteiger partial charge in [-0.1, -0.05) is 6.92 Å². The first-order valence-electron chi connectivity index (χ1n) is 4.75. The highest BCUT2D eigenvalue weighted by Crippen LogP contribution is 2.15. The van der Waals surface area contributed by atoms with Gasteiger partial charge in [0.05, 0.1) is 5.69 Å². The second kappa shape index (κ2) is 5.63. The van der Waals surface area contributed by atoms with Gasteiger partial charge in [-0.05, 0) is 22.4 Å². The van der Waals surface area contributed by atoms with Crippen LogP contribution < -0.4 is 5.56 Å². The van der Waals surface area contributed by atoms with Crippen molar-refractivity contribution >= 4 is 15.9 Å². The predicted molar refractivity (Wildman–Crippen MR) is 57.6 cm³/mol. The molecule has 0 aliphatic heterocycles. The van der Waals surface area contributed by atoms with Crippen molar-refractivity contribution < 1.29 is 17.9 Å². The van der Waals surface area contributed by atoms with Crippen molar-refractivity contribution in [3.05, 3.63) is 26.3 Å². The Morgan fingerprint density at radius 1 is 1.47 bits per heavy atom. The van der Waals surface area contributed by atoms with Crippen LogP contribution in [0.25, 0.3) is 0 Å². The molecule has 0 radical (unpaired) electrons. The largest absolute Gasteiger partial charge is 0.411 e. The van der Waals surface area contributed by atoms with Crippen LogP contribution in [0.4, 0.5) is 13.2 Å². The molecule has 0 atom stereocenters. The molecule has 0 saturated carbocycles. The fourth-order valence-corrected chi connectivity index (χ4v) is 1.59. The van der Waals surface area contributed by atoms with Crippen LogP contribution in [0, 0.1) is 0 Å². The van der Waals surface area contributed by atoms with Gasteiger partial charge in [0.25, 0.3) is 5.56 Å². The van der Waals surface area contributed by atoms with E-state index >= 15 is 0 Å². The van der Waals surface area contributed by atoms with Crippen molar-refractivity contribution in [1.29, 1.82) is 0 Å². The number of hydrogen-bond donors (Lipinski definition) is 1. The lowest BCUT2D eigenvalue weighted by molar-refractivity contribution is -0.177. The number of ether oxygens (including phenoxy) is 1. The van der Waals surface area contributed by atoms with Gasteiger partial charge in [0.15, 0.2) is 0 Å². The summed E-state index contributed by atoms with van der Waals surface area (Å²) < 4.78 is 40.2. The zero-order valence-corrected chi connectivity index (χ0v) is 10.5. The van der Waals surface area contributed by atoms with Crippen LogP contribution in [-0.4, -0.2) is 22.8 Å². The van der Waals surface area contributed by atoms with E-state index in [-0.39, 0.29) is 12.4 Å². The van der Waals surface area contributed by atoms with E-state index in [0.717, 1.165) is 0 Å². The van der Waals surface area contributed by atoms with Crippen molar-refractivity contribution in [3.8, 4) is 0 Å². The number of H-pyrrole nitrogens is 1. The lowest BCUT2D eigenvalue weighted by Gasteiger charge is -2.08. The second-order valence-corrected chi connectivity index (χ2v) is 4.03. The zero-order chi connectivity index (χ0) is 13.1. The van der Waals surface area contributed by atoms with E-state index in [1.807, 2.05) is 0 Å². The number of aromatic nitrogens is 2. The van der Waals surface area contributed by atoms with Crippen molar-refractivity contribution in [1.82, 2.24) is 9.97 Å². The van der Waals surface area contributed by atoms with Crippen molar-refractivity contribution in [3.63, 3.8) is 0 Å². The van der Waals surface area contributed by atoms with Crippen LogP contribution in [0.15, 0.2) is 9.27 Å². The SMILES string of the molecule is CCc1nc(COCC(F)(F)F)[nH]c(=O)c1Br. The number of alkyl halides is 3. The molecule has 1 aromatic heterocycles. The molecule has 1 rings (SSSR count). The van der Waals surface area contributed by atoms with Crippen molar-refractivity contribution in [2.45, 2.75) is 26.1 Å². The molecule has 0 unspecified atom stereocenters. The number of halogens is 4. The van der Waals surface area contributed by atoms with Gasteiger partial charge >= 0.3 is 6.18 Å². The summed E-state index contributed by atoms with van der Waals surface area (Å²) in [6.07, 6.45) is -3.89. The Morgan fingerprint density at radius 3 is 2.65 bits per heavy atom. The molecule has 0 saturated heterocycles. The average Bonchev–Trinajstić information content (AvgIpc) is 2.21. The van der Waals surface area contributed by atoms with Crippen LogP contribution in [-0.2, 0) is 17.8 Å². The summed E-state index contributed by atoms with van der Waals surface area (Å²) in [7, 11) is 0. The minimum atomic E-state index is -4.39. The molecule has 0 amide bonds. The topological polar surface area (TPSA) is 55.0 Å². The average molecular weight is 315 g/mol. The molecule has 0 aromatic carbocycles. The maximum atomic E-state index is 11.8. The molecule has 0 fully saturated rings. The minimum absolute atomic E-state index is 0.0827. The zero-order valence-electron chi connectivity index (χ0n) is 8.90. The second-order valence-electron chi connectivity index (χ2n) is 3.23. The number of rotatable bonds is 4. The van der Waals surface area contributed by atoms with Crippen LogP contribution >= 0.6 is 15.9 Å². The number of nitrogens with one attached hydrogen (secondary N) is 1. The summed E-state index contributed by atoms with van der Waals surface area (Å²) in [5.41, 5.74) is 0.0572. The molecule has 96 valence electrons. The lowest BCUT2D eigenvalue weighted by Crippen LogP contribution is -2.20. The maximum absolute atomic E-state index is 11.8. The van der Waals surface area contributed by atoms with Gasteiger partial charge in [0.1, 0.15) is 23.5 Å². The number of aromatic amines is 1. The Bertz CT molecular complexity index is 445. The van der Waals surface area contributed by atoms with Crippen molar-refractivity contribution in [2.24, 2.45) is 0 Å². The summed E-state index contributed by atoms with van der Waals surface area (Å²) in [6, 6.07) is 0. The summed E-state index contributed by atoms with van der Waals surface area (Å²) in [5.74, 6) is 0.0827. The molecule has 1 heterocycles. The standard InChI is InChI=1S/C9H10BrF3N2O2/c1-2-5-7(10)8(16)15-6(14-5)3-17-4-9(11,12)13/h2-4H2,1H3,(H,14,15,16). The van der Waals surface area contributed by atoms with Crippen LogP contribution in [0.1, 0.15) is 18.4 Å². The van der Waals surface area contributed by atoms with Crippen molar-refractivity contribution in [2.75, 3.05) is 6.61 Å². The normalized spacial score (nSPS) is 11.8. The fourth-order valence-electron chi connectivity index (χ4n) is 1.12. The monoisotopic (exact) mass is 314 g/mol. The summed E-state index contributed by atoms with van der Waals surface area (Å²) in [6.45, 7) is 0.0378. The molecule has 0 aliphatic carbocycles. The highest BCUT2D eigenvalue weighted by molar-refractivity contribution is 9.10. The van der Waals surface area contributed by atoms with E-state index in [1.165, 1.54) is 0 Å². The first-order chi connectivity index (χ1) is 7.83. The fraction of sp³-hybridized carbons (Fsp3) is 0.556. The first kappa shape index (κ1) is 14.2. The lowest BCUT2D eigenvalue weighted by atomic mass is 10.3. The smallest absolute Gasteiger partial charge is 0.364 e. The van der Waals surface area contributed by atoms with E-state index in [1.54, 1.807) is 6.92 Å². The van der Waals surface area contributed by atoms with Gasteiger partial charge in [0.2, 0.25) is 0 Å². The molecule has 17 heavy (non-hydrogen) atoms. The third-order valence-electron chi connectivity index (χ3n) is 1.82. The quantitative estimate of drug-likeness (QED) is 0.926. The molecular weight excluding hydrogens is 305 g/mol. The molecule has 1 aromatic rings. The molecule has 8 heteroatoms. The number of aryl methyl sites for hydroxylation is 1. The highest BCUT2D eigenvalue weighted by Gasteiger charge is 2.27. The number of nitrogens with zero attached hydrogens (tertiary/aromatic N) is 1. The van der Waals surface area contributed by atoms with Gasteiger partial charge in [0, 0.05) is 0 Å². The van der Waals surface area contributed by atoms with E-state index in [0.29, 0.717) is 16.6 Å². The van der Waals surface area contributed by atoms with E-state index < -0.39 is 18.3 Å².